The molecule has 9 heteroatoms. The summed E-state index contributed by atoms with van der Waals surface area (Å²) in [6, 6.07) is 5.35. The second-order valence-electron chi connectivity index (χ2n) is 4.55. The molecule has 2 rings (SSSR count). The monoisotopic (exact) mass is 309 g/mol. The Labute approximate surface area is 125 Å². The molecule has 9 nitrogen and oxygen atoms in total. The minimum absolute atomic E-state index is 0.00767. The average molecular weight is 309 g/mol. The number of nitrogens with zero attached hydrogens (tertiary/aromatic N) is 3. The third-order valence-corrected chi connectivity index (χ3v) is 2.98. The van der Waals surface area contributed by atoms with Gasteiger partial charge in [-0.1, -0.05) is 6.07 Å². The van der Waals surface area contributed by atoms with Crippen molar-refractivity contribution in [3.8, 4) is 0 Å². The molecule has 1 saturated heterocycles. The molecule has 1 aliphatic rings. The molecule has 0 amide bonds. The molecule has 0 spiro atoms. The van der Waals surface area contributed by atoms with E-state index < -0.39 is 18.7 Å². The van der Waals surface area contributed by atoms with Gasteiger partial charge in [0.15, 0.2) is 6.79 Å². The van der Waals surface area contributed by atoms with Gasteiger partial charge >= 0.3 is 11.9 Å². The Kier molecular flexibility index (Phi) is 5.12. The predicted molar refractivity (Wildman–Crippen MR) is 71.6 cm³/mol. The van der Waals surface area contributed by atoms with Gasteiger partial charge in [-0.3, -0.25) is 0 Å². The molecule has 0 bridgehead atoms. The number of benzene rings is 1. The van der Waals surface area contributed by atoms with Crippen LogP contribution in [0.2, 0.25) is 0 Å². The first-order chi connectivity index (χ1) is 10.6. The normalized spacial score (nSPS) is 14.7. The SMILES string of the molecule is O=C(O)c1cccc(C(=O)OCO/[N+]([O-])=N\N2CCCC2)c1. The molecule has 1 N–H and O–H groups in total. The summed E-state index contributed by atoms with van der Waals surface area (Å²) in [4.78, 5) is 27.1. The van der Waals surface area contributed by atoms with E-state index in [1.54, 1.807) is 5.01 Å². The molecule has 1 heterocycles. The summed E-state index contributed by atoms with van der Waals surface area (Å²) in [5.74, 6) is -1.95. The van der Waals surface area contributed by atoms with Crippen LogP contribution in [0.15, 0.2) is 29.5 Å². The Morgan fingerprint density at radius 3 is 2.68 bits per heavy atom. The van der Waals surface area contributed by atoms with Crippen molar-refractivity contribution >= 4 is 11.9 Å². The van der Waals surface area contributed by atoms with E-state index in [2.05, 4.69) is 10.1 Å². The van der Waals surface area contributed by atoms with Crippen molar-refractivity contribution in [1.82, 2.24) is 5.01 Å². The van der Waals surface area contributed by atoms with E-state index in [1.807, 2.05) is 0 Å². The highest BCUT2D eigenvalue weighted by molar-refractivity contribution is 5.94. The fraction of sp³-hybridized carbons (Fsp3) is 0.385. The molecule has 1 fully saturated rings. The van der Waals surface area contributed by atoms with Crippen molar-refractivity contribution < 1.29 is 29.3 Å². The van der Waals surface area contributed by atoms with E-state index in [1.165, 1.54) is 24.3 Å². The van der Waals surface area contributed by atoms with Gasteiger partial charge in [-0.15, -0.1) is 0 Å². The molecule has 1 aromatic carbocycles. The van der Waals surface area contributed by atoms with E-state index in [0.29, 0.717) is 13.1 Å². The molecule has 0 saturated carbocycles. The zero-order valence-corrected chi connectivity index (χ0v) is 11.7. The topological polar surface area (TPSA) is 114 Å². The molecule has 1 aromatic rings. The third kappa shape index (κ3) is 4.33. The first-order valence-electron chi connectivity index (χ1n) is 6.63. The van der Waals surface area contributed by atoms with Gasteiger partial charge in [0.25, 0.3) is 0 Å². The van der Waals surface area contributed by atoms with Crippen molar-refractivity contribution in [2.45, 2.75) is 12.8 Å². The number of aromatic carboxylic acids is 1. The lowest BCUT2D eigenvalue weighted by Gasteiger charge is -2.10. The van der Waals surface area contributed by atoms with Crippen molar-refractivity contribution in [2.75, 3.05) is 19.9 Å². The van der Waals surface area contributed by atoms with Gasteiger partial charge in [0.05, 0.1) is 16.2 Å². The maximum absolute atomic E-state index is 11.7. The Morgan fingerprint density at radius 1 is 1.32 bits per heavy atom. The number of carboxylic acid groups (broad SMARTS) is 1. The highest BCUT2D eigenvalue weighted by atomic mass is 16.9. The van der Waals surface area contributed by atoms with Crippen LogP contribution in [0.3, 0.4) is 0 Å². The maximum atomic E-state index is 11.7. The van der Waals surface area contributed by atoms with Crippen LogP contribution >= 0.6 is 0 Å². The predicted octanol–water partition coefficient (Wildman–Crippen LogP) is 1.40. The first-order valence-corrected chi connectivity index (χ1v) is 6.63. The quantitative estimate of drug-likeness (QED) is 0.365. The number of carboxylic acids is 1. The Hall–Kier alpha value is -2.84. The summed E-state index contributed by atoms with van der Waals surface area (Å²) in [6.07, 6.45) is 1.93. The van der Waals surface area contributed by atoms with E-state index in [4.69, 9.17) is 9.84 Å². The molecule has 0 aromatic heterocycles. The van der Waals surface area contributed by atoms with Gasteiger partial charge in [0.1, 0.15) is 18.3 Å². The second-order valence-corrected chi connectivity index (χ2v) is 4.55. The fourth-order valence-corrected chi connectivity index (χ4v) is 1.91. The molecule has 0 aliphatic carbocycles. The zero-order chi connectivity index (χ0) is 15.9. The summed E-state index contributed by atoms with van der Waals surface area (Å²) in [7, 11) is 0. The number of carbonyl (C=O) groups is 2. The van der Waals surface area contributed by atoms with Crippen LogP contribution in [-0.2, 0) is 9.57 Å². The molecular weight excluding hydrogens is 294 g/mol. The largest absolute Gasteiger partial charge is 0.478 e. The summed E-state index contributed by atoms with van der Waals surface area (Å²) in [6.45, 7) is 0.755. The van der Waals surface area contributed by atoms with E-state index in [9.17, 15) is 14.8 Å². The zero-order valence-electron chi connectivity index (χ0n) is 11.7. The van der Waals surface area contributed by atoms with Crippen LogP contribution in [0, 0.1) is 5.21 Å². The van der Waals surface area contributed by atoms with Crippen LogP contribution in [0.25, 0.3) is 0 Å². The Morgan fingerprint density at radius 2 is 2.00 bits per heavy atom. The molecule has 118 valence electrons. The number of hydrogen-bond donors (Lipinski definition) is 1. The average Bonchev–Trinajstić information content (AvgIpc) is 3.00. The minimum Gasteiger partial charge on any atom is -0.478 e. The maximum Gasteiger partial charge on any atom is 0.339 e. The summed E-state index contributed by atoms with van der Waals surface area (Å²) < 4.78 is 4.72. The van der Waals surface area contributed by atoms with Crippen molar-refractivity contribution in [3.63, 3.8) is 0 Å². The second kappa shape index (κ2) is 7.25. The molecule has 1 aliphatic heterocycles. The molecule has 22 heavy (non-hydrogen) atoms. The number of ether oxygens (including phenoxy) is 1. The minimum atomic E-state index is -1.15. The van der Waals surface area contributed by atoms with Crippen molar-refractivity contribution in [3.05, 3.63) is 40.6 Å². The van der Waals surface area contributed by atoms with Gasteiger partial charge in [-0.2, -0.15) is 5.01 Å². The van der Waals surface area contributed by atoms with Gasteiger partial charge in [0.2, 0.25) is 0 Å². The van der Waals surface area contributed by atoms with Crippen molar-refractivity contribution in [1.29, 1.82) is 0 Å². The summed E-state index contributed by atoms with van der Waals surface area (Å²) >= 11 is 0. The molecule has 0 atom stereocenters. The van der Waals surface area contributed by atoms with Crippen LogP contribution in [0.5, 0.6) is 0 Å². The molecule has 0 unspecified atom stereocenters. The summed E-state index contributed by atoms with van der Waals surface area (Å²) in [5.41, 5.74) is 0.0160. The number of esters is 1. The van der Waals surface area contributed by atoms with Gasteiger partial charge in [-0.05, 0) is 31.0 Å². The lowest BCUT2D eigenvalue weighted by atomic mass is 10.1. The number of rotatable bonds is 6. The molecular formula is C13H15N3O6. The highest BCUT2D eigenvalue weighted by Gasteiger charge is 2.16. The highest BCUT2D eigenvalue weighted by Crippen LogP contribution is 2.08. The first kappa shape index (κ1) is 15.5. The van der Waals surface area contributed by atoms with Crippen LogP contribution in [-0.4, -0.2) is 47.0 Å². The standard InChI is InChI=1S/C13H15N3O6/c17-12(18)10-4-3-5-11(8-10)13(19)21-9-22-16(20)14-15-6-1-2-7-15/h3-5,8H,1-2,6-7,9H2,(H,17,18)/b16-14-. The Balaban J connectivity index is 1.82. The number of carbonyl (C=O) groups excluding carboxylic acids is 1. The van der Waals surface area contributed by atoms with Gasteiger partial charge in [-0.25, -0.2) is 9.59 Å². The number of hydrogen-bond acceptors (Lipinski definition) is 6. The van der Waals surface area contributed by atoms with Crippen LogP contribution in [0.4, 0.5) is 0 Å². The molecule has 0 radical (unpaired) electrons. The van der Waals surface area contributed by atoms with E-state index >= 15 is 0 Å². The van der Waals surface area contributed by atoms with Gasteiger partial charge < -0.3 is 19.9 Å². The summed E-state index contributed by atoms with van der Waals surface area (Å²) in [5, 5.41) is 25.3. The smallest absolute Gasteiger partial charge is 0.339 e. The van der Waals surface area contributed by atoms with Gasteiger partial charge in [0, 0.05) is 0 Å². The van der Waals surface area contributed by atoms with E-state index in [0.717, 1.165) is 12.8 Å². The van der Waals surface area contributed by atoms with Crippen LogP contribution < -0.4 is 0 Å². The third-order valence-electron chi connectivity index (χ3n) is 2.98. The van der Waals surface area contributed by atoms with Crippen molar-refractivity contribution in [2.24, 2.45) is 5.22 Å². The lowest BCUT2D eigenvalue weighted by molar-refractivity contribution is -0.805. The Bertz CT molecular complexity index is 583. The lowest BCUT2D eigenvalue weighted by Crippen LogP contribution is -2.18. The fourth-order valence-electron chi connectivity index (χ4n) is 1.91. The van der Waals surface area contributed by atoms with E-state index in [-0.39, 0.29) is 16.2 Å². The van der Waals surface area contributed by atoms with Crippen LogP contribution in [0.1, 0.15) is 33.6 Å².